The number of para-hydroxylation sites is 1. The number of rotatable bonds is 8. The number of nitrogens with one attached hydrogen (secondary N) is 1. The molecule has 0 heterocycles. The van der Waals surface area contributed by atoms with Gasteiger partial charge in [0.25, 0.3) is 0 Å². The van der Waals surface area contributed by atoms with Crippen LogP contribution in [0.4, 0.5) is 0 Å². The number of amides is 1. The van der Waals surface area contributed by atoms with Crippen LogP contribution in [-0.4, -0.2) is 25.3 Å². The minimum absolute atomic E-state index is 0.0828. The summed E-state index contributed by atoms with van der Waals surface area (Å²) in [6.07, 6.45) is 4.25. The molecule has 0 aliphatic carbocycles. The number of thioether (sulfide) groups is 1. The second-order valence-corrected chi connectivity index (χ2v) is 6.05. The molecule has 0 atom stereocenters. The molecule has 0 aromatic heterocycles. The summed E-state index contributed by atoms with van der Waals surface area (Å²) in [7, 11) is 1.62. The summed E-state index contributed by atoms with van der Waals surface area (Å²) >= 11 is 1.80. The van der Waals surface area contributed by atoms with Crippen LogP contribution < -0.4 is 10.1 Å². The third-order valence-corrected chi connectivity index (χ3v) is 4.28. The molecule has 0 fully saturated rings. The third kappa shape index (κ3) is 6.20. The lowest BCUT2D eigenvalue weighted by Crippen LogP contribution is -2.22. The van der Waals surface area contributed by atoms with E-state index in [0.717, 1.165) is 23.5 Å². The van der Waals surface area contributed by atoms with Gasteiger partial charge in [-0.25, -0.2) is 0 Å². The maximum atomic E-state index is 11.8. The number of benzene rings is 2. The first-order valence-electron chi connectivity index (χ1n) is 7.56. The van der Waals surface area contributed by atoms with E-state index in [1.54, 1.807) is 31.0 Å². The molecule has 0 radical (unpaired) electrons. The van der Waals surface area contributed by atoms with E-state index in [0.29, 0.717) is 6.54 Å². The maximum Gasteiger partial charge on any atom is 0.244 e. The number of hydrogen-bond donors (Lipinski definition) is 1. The second-order valence-electron chi connectivity index (χ2n) is 4.88. The van der Waals surface area contributed by atoms with Crippen molar-refractivity contribution in [3.63, 3.8) is 0 Å². The maximum absolute atomic E-state index is 11.8. The summed E-state index contributed by atoms with van der Waals surface area (Å²) in [6.45, 7) is 0.676. The van der Waals surface area contributed by atoms with Gasteiger partial charge in [-0.3, -0.25) is 4.79 Å². The molecule has 0 aliphatic heterocycles. The Morgan fingerprint density at radius 2 is 1.87 bits per heavy atom. The van der Waals surface area contributed by atoms with E-state index in [-0.39, 0.29) is 5.91 Å². The highest BCUT2D eigenvalue weighted by Gasteiger charge is 1.99. The largest absolute Gasteiger partial charge is 0.496 e. The number of carbonyl (C=O) groups is 1. The molecule has 0 saturated carbocycles. The minimum atomic E-state index is -0.0828. The van der Waals surface area contributed by atoms with Gasteiger partial charge in [0.05, 0.1) is 7.11 Å². The van der Waals surface area contributed by atoms with E-state index in [4.69, 9.17) is 4.74 Å². The lowest BCUT2D eigenvalue weighted by molar-refractivity contribution is -0.116. The highest BCUT2D eigenvalue weighted by molar-refractivity contribution is 7.99. The van der Waals surface area contributed by atoms with Crippen LogP contribution in [0.2, 0.25) is 0 Å². The number of methoxy groups -OCH3 is 1. The summed E-state index contributed by atoms with van der Waals surface area (Å²) in [5.41, 5.74) is 0.893. The van der Waals surface area contributed by atoms with Crippen LogP contribution in [0, 0.1) is 0 Å². The molecule has 0 saturated heterocycles. The van der Waals surface area contributed by atoms with Crippen LogP contribution in [0.1, 0.15) is 12.0 Å². The Kier molecular flexibility index (Phi) is 7.27. The molecule has 0 spiro atoms. The van der Waals surface area contributed by atoms with Gasteiger partial charge in [-0.2, -0.15) is 0 Å². The molecular weight excluding hydrogens is 306 g/mol. The van der Waals surface area contributed by atoms with E-state index >= 15 is 0 Å². The van der Waals surface area contributed by atoms with Gasteiger partial charge < -0.3 is 10.1 Å². The standard InChI is InChI=1S/C19H21NO2S/c1-22-18-11-6-5-8-16(18)12-13-19(21)20-14-7-15-23-17-9-3-2-4-10-17/h2-6,8-13H,7,14-15H2,1H3,(H,20,21)/b13-12+. The Morgan fingerprint density at radius 3 is 2.65 bits per heavy atom. The normalized spacial score (nSPS) is 10.7. The lowest BCUT2D eigenvalue weighted by atomic mass is 10.2. The van der Waals surface area contributed by atoms with Crippen LogP contribution in [0.15, 0.2) is 65.6 Å². The highest BCUT2D eigenvalue weighted by Crippen LogP contribution is 2.18. The van der Waals surface area contributed by atoms with Crippen LogP contribution >= 0.6 is 11.8 Å². The monoisotopic (exact) mass is 327 g/mol. The van der Waals surface area contributed by atoms with Crippen LogP contribution in [0.25, 0.3) is 6.08 Å². The summed E-state index contributed by atoms with van der Waals surface area (Å²) in [5, 5.41) is 2.90. The van der Waals surface area contributed by atoms with Crippen molar-refractivity contribution in [1.82, 2.24) is 5.32 Å². The fraction of sp³-hybridized carbons (Fsp3) is 0.211. The predicted octanol–water partition coefficient (Wildman–Crippen LogP) is 4.01. The van der Waals surface area contributed by atoms with Gasteiger partial charge in [0.2, 0.25) is 5.91 Å². The number of ether oxygens (including phenoxy) is 1. The van der Waals surface area contributed by atoms with Gasteiger partial charge in [0.15, 0.2) is 0 Å². The Balaban J connectivity index is 1.68. The van der Waals surface area contributed by atoms with Gasteiger partial charge >= 0.3 is 0 Å². The fourth-order valence-electron chi connectivity index (χ4n) is 2.02. The molecule has 1 N–H and O–H groups in total. The summed E-state index contributed by atoms with van der Waals surface area (Å²) < 4.78 is 5.25. The van der Waals surface area contributed by atoms with Crippen molar-refractivity contribution in [2.45, 2.75) is 11.3 Å². The van der Waals surface area contributed by atoms with E-state index < -0.39 is 0 Å². The van der Waals surface area contributed by atoms with Crippen molar-refractivity contribution in [1.29, 1.82) is 0 Å². The topological polar surface area (TPSA) is 38.3 Å². The zero-order chi connectivity index (χ0) is 16.3. The Morgan fingerprint density at radius 1 is 1.13 bits per heavy atom. The van der Waals surface area contributed by atoms with Crippen LogP contribution in [0.5, 0.6) is 5.75 Å². The quantitative estimate of drug-likeness (QED) is 0.452. The Hall–Kier alpha value is -2.20. The molecule has 0 aliphatic rings. The van der Waals surface area contributed by atoms with Crippen molar-refractivity contribution in [3.8, 4) is 5.75 Å². The van der Waals surface area contributed by atoms with Crippen LogP contribution in [0.3, 0.4) is 0 Å². The molecule has 4 heteroatoms. The van der Waals surface area contributed by atoms with Gasteiger partial charge in [0.1, 0.15) is 5.75 Å². The average molecular weight is 327 g/mol. The summed E-state index contributed by atoms with van der Waals surface area (Å²) in [4.78, 5) is 13.1. The van der Waals surface area contributed by atoms with E-state index in [1.807, 2.05) is 42.5 Å². The molecule has 2 aromatic rings. The molecule has 3 nitrogen and oxygen atoms in total. The number of hydrogen-bond acceptors (Lipinski definition) is 3. The van der Waals surface area contributed by atoms with Gasteiger partial charge in [-0.1, -0.05) is 36.4 Å². The molecule has 120 valence electrons. The predicted molar refractivity (Wildman–Crippen MR) is 96.8 cm³/mol. The minimum Gasteiger partial charge on any atom is -0.496 e. The van der Waals surface area contributed by atoms with Gasteiger partial charge in [-0.05, 0) is 36.4 Å². The molecule has 23 heavy (non-hydrogen) atoms. The lowest BCUT2D eigenvalue weighted by Gasteiger charge is -2.04. The van der Waals surface area contributed by atoms with E-state index in [9.17, 15) is 4.79 Å². The number of carbonyl (C=O) groups excluding carboxylic acids is 1. The molecule has 0 bridgehead atoms. The second kappa shape index (κ2) is 9.74. The molecule has 2 rings (SSSR count). The van der Waals surface area contributed by atoms with Crippen molar-refractivity contribution < 1.29 is 9.53 Å². The van der Waals surface area contributed by atoms with Gasteiger partial charge in [-0.15, -0.1) is 11.8 Å². The summed E-state index contributed by atoms with van der Waals surface area (Å²) in [6, 6.07) is 17.9. The smallest absolute Gasteiger partial charge is 0.244 e. The average Bonchev–Trinajstić information content (AvgIpc) is 2.60. The van der Waals surface area contributed by atoms with E-state index in [1.165, 1.54) is 4.90 Å². The van der Waals surface area contributed by atoms with Crippen molar-refractivity contribution in [3.05, 3.63) is 66.2 Å². The molecular formula is C19H21NO2S. The van der Waals surface area contributed by atoms with Crippen LogP contribution in [-0.2, 0) is 4.79 Å². The Labute approximate surface area is 141 Å². The SMILES string of the molecule is COc1ccccc1/C=C/C(=O)NCCCSc1ccccc1. The van der Waals surface area contributed by atoms with Crippen molar-refractivity contribution >= 4 is 23.7 Å². The van der Waals surface area contributed by atoms with Gasteiger partial charge in [0, 0.05) is 23.1 Å². The molecule has 0 unspecified atom stereocenters. The zero-order valence-electron chi connectivity index (χ0n) is 13.2. The highest BCUT2D eigenvalue weighted by atomic mass is 32.2. The molecule has 2 aromatic carbocycles. The third-order valence-electron chi connectivity index (χ3n) is 3.19. The Bertz CT molecular complexity index is 641. The first-order valence-corrected chi connectivity index (χ1v) is 8.55. The zero-order valence-corrected chi connectivity index (χ0v) is 14.0. The molecule has 1 amide bonds. The van der Waals surface area contributed by atoms with Crippen molar-refractivity contribution in [2.75, 3.05) is 19.4 Å². The van der Waals surface area contributed by atoms with Crippen molar-refractivity contribution in [2.24, 2.45) is 0 Å². The van der Waals surface area contributed by atoms with E-state index in [2.05, 4.69) is 17.4 Å². The first-order chi connectivity index (χ1) is 11.3. The fourth-order valence-corrected chi connectivity index (χ4v) is 2.89. The first kappa shape index (κ1) is 17.2. The summed E-state index contributed by atoms with van der Waals surface area (Å²) in [5.74, 6) is 1.66.